The van der Waals surface area contributed by atoms with Crippen LogP contribution in [0.2, 0.25) is 0 Å². The zero-order valence-corrected chi connectivity index (χ0v) is 12.6. The number of rotatable bonds is 2. The number of carbonyl (C=O) groups excluding carboxylic acids is 1. The maximum atomic E-state index is 12.6. The average molecular weight is 292 g/mol. The maximum Gasteiger partial charge on any atom is 0.241 e. The van der Waals surface area contributed by atoms with Crippen LogP contribution in [-0.4, -0.2) is 55.4 Å². The second kappa shape index (κ2) is 6.16. The monoisotopic (exact) mass is 292 g/mol. The number of hydrogen-bond acceptors (Lipinski definition) is 4. The van der Waals surface area contributed by atoms with Crippen LogP contribution in [0.5, 0.6) is 0 Å². The highest BCUT2D eigenvalue weighted by atomic mass is 32.2. The molecule has 0 aliphatic carbocycles. The SMILES string of the molecule is C[C@@H]1COCCN1CC(=O)N1CCSc2ccccc21. The predicted molar refractivity (Wildman–Crippen MR) is 81.4 cm³/mol. The number of hydrogen-bond donors (Lipinski definition) is 0. The first-order chi connectivity index (χ1) is 9.75. The first-order valence-corrected chi connectivity index (χ1v) is 8.08. The van der Waals surface area contributed by atoms with Crippen LogP contribution in [0.15, 0.2) is 29.2 Å². The molecule has 1 aromatic carbocycles. The van der Waals surface area contributed by atoms with Crippen molar-refractivity contribution in [2.75, 3.05) is 43.5 Å². The van der Waals surface area contributed by atoms with E-state index in [1.54, 1.807) is 0 Å². The van der Waals surface area contributed by atoms with E-state index in [0.717, 1.165) is 37.7 Å². The van der Waals surface area contributed by atoms with Gasteiger partial charge >= 0.3 is 0 Å². The fourth-order valence-corrected chi connectivity index (χ4v) is 3.68. The Morgan fingerprint density at radius 2 is 2.25 bits per heavy atom. The van der Waals surface area contributed by atoms with Crippen molar-refractivity contribution in [3.8, 4) is 0 Å². The number of fused-ring (bicyclic) bond motifs is 1. The molecule has 2 heterocycles. The number of ether oxygens (including phenoxy) is 1. The predicted octanol–water partition coefficient (Wildman–Crippen LogP) is 1.85. The van der Waals surface area contributed by atoms with Gasteiger partial charge in [0.15, 0.2) is 0 Å². The van der Waals surface area contributed by atoms with Gasteiger partial charge in [-0.3, -0.25) is 9.69 Å². The minimum Gasteiger partial charge on any atom is -0.379 e. The van der Waals surface area contributed by atoms with Crippen molar-refractivity contribution in [2.24, 2.45) is 0 Å². The van der Waals surface area contributed by atoms with E-state index in [4.69, 9.17) is 4.74 Å². The van der Waals surface area contributed by atoms with Gasteiger partial charge in [-0.2, -0.15) is 0 Å². The van der Waals surface area contributed by atoms with Crippen LogP contribution in [-0.2, 0) is 9.53 Å². The van der Waals surface area contributed by atoms with Crippen molar-refractivity contribution < 1.29 is 9.53 Å². The molecule has 1 amide bonds. The van der Waals surface area contributed by atoms with Crippen LogP contribution < -0.4 is 4.90 Å². The van der Waals surface area contributed by atoms with Crippen molar-refractivity contribution in [1.29, 1.82) is 0 Å². The van der Waals surface area contributed by atoms with E-state index in [-0.39, 0.29) is 5.91 Å². The summed E-state index contributed by atoms with van der Waals surface area (Å²) in [5.41, 5.74) is 1.06. The molecule has 0 saturated carbocycles. The van der Waals surface area contributed by atoms with Gasteiger partial charge in [0.2, 0.25) is 5.91 Å². The summed E-state index contributed by atoms with van der Waals surface area (Å²) in [6.07, 6.45) is 0. The standard InChI is InChI=1S/C15H20N2O2S/c1-12-11-19-8-6-16(12)10-15(18)17-7-9-20-14-5-3-2-4-13(14)17/h2-5,12H,6-11H2,1H3/t12-/m1/s1. The Hall–Kier alpha value is -1.04. The fraction of sp³-hybridized carbons (Fsp3) is 0.533. The molecule has 1 atom stereocenters. The van der Waals surface area contributed by atoms with E-state index < -0.39 is 0 Å². The molecular formula is C15H20N2O2S. The Balaban J connectivity index is 1.72. The first-order valence-electron chi connectivity index (χ1n) is 7.09. The van der Waals surface area contributed by atoms with Gasteiger partial charge in [-0.15, -0.1) is 11.8 Å². The molecular weight excluding hydrogens is 272 g/mol. The van der Waals surface area contributed by atoms with Gasteiger partial charge in [-0.25, -0.2) is 0 Å². The number of anilines is 1. The van der Waals surface area contributed by atoms with Gasteiger partial charge in [0.1, 0.15) is 0 Å². The van der Waals surface area contributed by atoms with Gasteiger partial charge in [0.05, 0.1) is 25.4 Å². The second-order valence-corrected chi connectivity index (χ2v) is 6.39. The summed E-state index contributed by atoms with van der Waals surface area (Å²) in [5, 5.41) is 0. The lowest BCUT2D eigenvalue weighted by atomic mass is 10.2. The second-order valence-electron chi connectivity index (χ2n) is 5.26. The highest BCUT2D eigenvalue weighted by Gasteiger charge is 2.27. The number of amides is 1. The third kappa shape index (κ3) is 2.85. The molecule has 1 saturated heterocycles. The smallest absolute Gasteiger partial charge is 0.241 e. The topological polar surface area (TPSA) is 32.8 Å². The highest BCUT2D eigenvalue weighted by molar-refractivity contribution is 7.99. The maximum absolute atomic E-state index is 12.6. The summed E-state index contributed by atoms with van der Waals surface area (Å²) in [6.45, 7) is 5.70. The van der Waals surface area contributed by atoms with Gasteiger partial charge in [0, 0.05) is 29.8 Å². The van der Waals surface area contributed by atoms with E-state index in [1.807, 2.05) is 34.9 Å². The van der Waals surface area contributed by atoms with Crippen LogP contribution in [0, 0.1) is 0 Å². The number of para-hydroxylation sites is 1. The molecule has 20 heavy (non-hydrogen) atoms. The Kier molecular flexibility index (Phi) is 4.29. The van der Waals surface area contributed by atoms with Crippen molar-refractivity contribution in [2.45, 2.75) is 17.9 Å². The quantitative estimate of drug-likeness (QED) is 0.833. The van der Waals surface area contributed by atoms with Crippen LogP contribution in [0.4, 0.5) is 5.69 Å². The Bertz CT molecular complexity index is 495. The Labute approximate surface area is 124 Å². The number of carbonyl (C=O) groups is 1. The number of nitrogens with zero attached hydrogens (tertiary/aromatic N) is 2. The molecule has 4 nitrogen and oxygen atoms in total. The lowest BCUT2D eigenvalue weighted by Gasteiger charge is -2.35. The van der Waals surface area contributed by atoms with Crippen LogP contribution in [0.3, 0.4) is 0 Å². The summed E-state index contributed by atoms with van der Waals surface area (Å²) in [6, 6.07) is 8.49. The van der Waals surface area contributed by atoms with Gasteiger partial charge in [0.25, 0.3) is 0 Å². The zero-order valence-electron chi connectivity index (χ0n) is 11.7. The van der Waals surface area contributed by atoms with E-state index in [9.17, 15) is 4.79 Å². The molecule has 0 bridgehead atoms. The zero-order chi connectivity index (χ0) is 13.9. The molecule has 3 rings (SSSR count). The summed E-state index contributed by atoms with van der Waals surface area (Å²) in [7, 11) is 0. The molecule has 0 aromatic heterocycles. The Morgan fingerprint density at radius 1 is 1.40 bits per heavy atom. The van der Waals surface area contributed by atoms with E-state index >= 15 is 0 Å². The van der Waals surface area contributed by atoms with Crippen LogP contribution in [0.25, 0.3) is 0 Å². The molecule has 2 aliphatic heterocycles. The number of thioether (sulfide) groups is 1. The van der Waals surface area contributed by atoms with Gasteiger partial charge in [-0.1, -0.05) is 12.1 Å². The van der Waals surface area contributed by atoms with Gasteiger partial charge < -0.3 is 9.64 Å². The molecule has 5 heteroatoms. The minimum atomic E-state index is 0.200. The van der Waals surface area contributed by atoms with E-state index in [2.05, 4.69) is 17.9 Å². The largest absolute Gasteiger partial charge is 0.379 e. The number of benzene rings is 1. The molecule has 0 N–H and O–H groups in total. The fourth-order valence-electron chi connectivity index (χ4n) is 2.68. The van der Waals surface area contributed by atoms with Gasteiger partial charge in [-0.05, 0) is 19.1 Å². The lowest BCUT2D eigenvalue weighted by molar-refractivity contribution is -0.121. The van der Waals surface area contributed by atoms with Crippen LogP contribution in [0.1, 0.15) is 6.92 Å². The highest BCUT2D eigenvalue weighted by Crippen LogP contribution is 2.34. The summed E-state index contributed by atoms with van der Waals surface area (Å²) >= 11 is 1.83. The minimum absolute atomic E-state index is 0.200. The number of morpholine rings is 1. The Morgan fingerprint density at radius 3 is 3.10 bits per heavy atom. The molecule has 1 fully saturated rings. The van der Waals surface area contributed by atoms with E-state index in [1.165, 1.54) is 4.90 Å². The summed E-state index contributed by atoms with van der Waals surface area (Å²) in [4.78, 5) is 18.0. The van der Waals surface area contributed by atoms with E-state index in [0.29, 0.717) is 12.6 Å². The molecule has 1 aromatic rings. The average Bonchev–Trinajstić information content (AvgIpc) is 2.49. The molecule has 0 radical (unpaired) electrons. The molecule has 0 spiro atoms. The molecule has 108 valence electrons. The van der Waals surface area contributed by atoms with Crippen molar-refractivity contribution in [3.63, 3.8) is 0 Å². The lowest BCUT2D eigenvalue weighted by Crippen LogP contribution is -2.50. The third-order valence-electron chi connectivity index (χ3n) is 3.87. The summed E-state index contributed by atoms with van der Waals surface area (Å²) < 4.78 is 5.43. The first kappa shape index (κ1) is 13.9. The summed E-state index contributed by atoms with van der Waals surface area (Å²) in [5.74, 6) is 1.17. The normalized spacial score (nSPS) is 23.4. The van der Waals surface area contributed by atoms with Crippen molar-refractivity contribution in [1.82, 2.24) is 4.90 Å². The third-order valence-corrected chi connectivity index (χ3v) is 4.92. The van der Waals surface area contributed by atoms with Crippen molar-refractivity contribution >= 4 is 23.4 Å². The molecule has 0 unspecified atom stereocenters. The van der Waals surface area contributed by atoms with Crippen molar-refractivity contribution in [3.05, 3.63) is 24.3 Å². The molecule has 2 aliphatic rings. The van der Waals surface area contributed by atoms with Crippen LogP contribution >= 0.6 is 11.8 Å².